The SMILES string of the molecule is CCCCCCCCCCCCCCCCCC[n+]1ccn(C)c1CCCCCCCCCC. The van der Waals surface area contributed by atoms with Crippen molar-refractivity contribution in [1.29, 1.82) is 0 Å². The van der Waals surface area contributed by atoms with E-state index in [4.69, 9.17) is 0 Å². The maximum Gasteiger partial charge on any atom is 0.256 e. The molecule has 0 bridgehead atoms. The number of aryl methyl sites for hydroxylation is 2. The average molecular weight is 476 g/mol. The third-order valence-electron chi connectivity index (χ3n) is 7.72. The molecule has 1 aromatic rings. The summed E-state index contributed by atoms with van der Waals surface area (Å²) in [6, 6.07) is 0. The molecule has 0 spiro atoms. The van der Waals surface area contributed by atoms with Gasteiger partial charge in [-0.2, -0.15) is 0 Å². The Balaban J connectivity index is 1.93. The van der Waals surface area contributed by atoms with Gasteiger partial charge >= 0.3 is 0 Å². The molecule has 2 heteroatoms. The number of imidazole rings is 1. The molecule has 0 aliphatic rings. The summed E-state index contributed by atoms with van der Waals surface area (Å²) in [6.45, 7) is 5.82. The Morgan fingerprint density at radius 1 is 0.500 bits per heavy atom. The van der Waals surface area contributed by atoms with Crippen LogP contribution in [0, 0.1) is 0 Å². The summed E-state index contributed by atoms with van der Waals surface area (Å²) in [7, 11) is 2.23. The van der Waals surface area contributed by atoms with Crippen molar-refractivity contribution in [3.63, 3.8) is 0 Å². The maximum absolute atomic E-state index is 2.53. The monoisotopic (exact) mass is 475 g/mol. The van der Waals surface area contributed by atoms with Crippen LogP contribution in [0.2, 0.25) is 0 Å². The predicted molar refractivity (Wildman–Crippen MR) is 151 cm³/mol. The first-order valence-corrected chi connectivity index (χ1v) is 15.8. The Morgan fingerprint density at radius 2 is 0.853 bits per heavy atom. The highest BCUT2D eigenvalue weighted by molar-refractivity contribution is 4.82. The van der Waals surface area contributed by atoms with Crippen LogP contribution in [0.15, 0.2) is 12.4 Å². The fourth-order valence-electron chi connectivity index (χ4n) is 5.33. The van der Waals surface area contributed by atoms with Gasteiger partial charge in [-0.3, -0.25) is 0 Å². The number of rotatable bonds is 26. The van der Waals surface area contributed by atoms with Crippen LogP contribution < -0.4 is 4.57 Å². The van der Waals surface area contributed by atoms with Crippen LogP contribution in [0.3, 0.4) is 0 Å². The normalized spacial score (nSPS) is 11.5. The van der Waals surface area contributed by atoms with Crippen LogP contribution in [0.25, 0.3) is 0 Å². The van der Waals surface area contributed by atoms with Crippen LogP contribution in [0.4, 0.5) is 0 Å². The third kappa shape index (κ3) is 17.6. The first-order valence-electron chi connectivity index (χ1n) is 15.8. The zero-order valence-electron chi connectivity index (χ0n) is 23.9. The van der Waals surface area contributed by atoms with Gasteiger partial charge < -0.3 is 0 Å². The van der Waals surface area contributed by atoms with E-state index in [1.165, 1.54) is 173 Å². The fourth-order valence-corrected chi connectivity index (χ4v) is 5.33. The molecule has 200 valence electrons. The minimum absolute atomic E-state index is 1.21. The van der Waals surface area contributed by atoms with E-state index in [-0.39, 0.29) is 0 Å². The van der Waals surface area contributed by atoms with Gasteiger partial charge in [0.25, 0.3) is 5.82 Å². The van der Waals surface area contributed by atoms with Crippen LogP contribution in [-0.2, 0) is 20.0 Å². The minimum Gasteiger partial charge on any atom is -0.237 e. The second-order valence-electron chi connectivity index (χ2n) is 11.0. The van der Waals surface area contributed by atoms with Gasteiger partial charge in [-0.15, -0.1) is 0 Å². The zero-order chi connectivity index (χ0) is 24.5. The number of hydrogen-bond acceptors (Lipinski definition) is 0. The zero-order valence-corrected chi connectivity index (χ0v) is 23.9. The average Bonchev–Trinajstić information content (AvgIpc) is 3.19. The quantitative estimate of drug-likeness (QED) is 0.0930. The molecule has 34 heavy (non-hydrogen) atoms. The van der Waals surface area contributed by atoms with Crippen LogP contribution >= 0.6 is 0 Å². The van der Waals surface area contributed by atoms with E-state index in [2.05, 4.69) is 42.4 Å². The van der Waals surface area contributed by atoms with Crippen molar-refractivity contribution in [1.82, 2.24) is 4.57 Å². The van der Waals surface area contributed by atoms with Crippen LogP contribution in [0.5, 0.6) is 0 Å². The van der Waals surface area contributed by atoms with Crippen LogP contribution in [0.1, 0.15) is 174 Å². The summed E-state index contributed by atoms with van der Waals surface area (Å²) in [5.74, 6) is 1.53. The summed E-state index contributed by atoms with van der Waals surface area (Å²) in [6.07, 6.45) is 40.2. The molecule has 0 unspecified atom stereocenters. The molecule has 0 N–H and O–H groups in total. The lowest BCUT2D eigenvalue weighted by molar-refractivity contribution is -0.704. The lowest BCUT2D eigenvalue weighted by Gasteiger charge is -2.05. The fraction of sp³-hybridized carbons (Fsp3) is 0.906. The van der Waals surface area contributed by atoms with E-state index >= 15 is 0 Å². The Labute approximate surface area is 215 Å². The smallest absolute Gasteiger partial charge is 0.237 e. The molecule has 0 radical (unpaired) electrons. The highest BCUT2D eigenvalue weighted by Gasteiger charge is 2.13. The molecule has 0 fully saturated rings. The van der Waals surface area contributed by atoms with Crippen LogP contribution in [-0.4, -0.2) is 4.57 Å². The van der Waals surface area contributed by atoms with E-state index in [0.29, 0.717) is 0 Å². The molecule has 2 nitrogen and oxygen atoms in total. The van der Waals surface area contributed by atoms with E-state index in [0.717, 1.165) is 0 Å². The Bertz CT molecular complexity index is 533. The van der Waals surface area contributed by atoms with Crippen molar-refractivity contribution in [3.05, 3.63) is 18.2 Å². The molecule has 0 saturated heterocycles. The minimum atomic E-state index is 1.21. The summed E-state index contributed by atoms with van der Waals surface area (Å²) >= 11 is 0. The molecular weight excluding hydrogens is 412 g/mol. The van der Waals surface area contributed by atoms with E-state index < -0.39 is 0 Å². The predicted octanol–water partition coefficient (Wildman–Crippen LogP) is 10.3. The Kier molecular flexibility index (Phi) is 22.0. The lowest BCUT2D eigenvalue weighted by atomic mass is 10.0. The number of aromatic nitrogens is 2. The van der Waals surface area contributed by atoms with Crippen molar-refractivity contribution < 1.29 is 4.57 Å². The van der Waals surface area contributed by atoms with Gasteiger partial charge in [0.2, 0.25) is 0 Å². The van der Waals surface area contributed by atoms with Crippen molar-refractivity contribution >= 4 is 0 Å². The molecular formula is C32H63N2+. The standard InChI is InChI=1S/C32H63N2/c1-4-6-8-10-12-14-15-16-17-18-19-20-21-23-25-27-29-34-31-30-33(3)32(34)28-26-24-22-13-11-9-7-5-2/h30-31H,4-29H2,1-3H3/q+1. The highest BCUT2D eigenvalue weighted by Crippen LogP contribution is 2.14. The number of unbranched alkanes of at least 4 members (excludes halogenated alkanes) is 22. The first-order chi connectivity index (χ1) is 16.8. The van der Waals surface area contributed by atoms with Gasteiger partial charge in [0.15, 0.2) is 0 Å². The molecule has 0 aromatic carbocycles. The Morgan fingerprint density at radius 3 is 1.26 bits per heavy atom. The molecule has 1 rings (SSSR count). The molecule has 0 atom stereocenters. The lowest BCUT2D eigenvalue weighted by Crippen LogP contribution is -2.37. The van der Waals surface area contributed by atoms with Crippen molar-refractivity contribution in [2.24, 2.45) is 7.05 Å². The van der Waals surface area contributed by atoms with Gasteiger partial charge in [0.05, 0.1) is 13.6 Å². The second kappa shape index (κ2) is 23.9. The van der Waals surface area contributed by atoms with E-state index in [1.54, 1.807) is 0 Å². The Hall–Kier alpha value is -0.790. The first kappa shape index (κ1) is 31.2. The third-order valence-corrected chi connectivity index (χ3v) is 7.72. The van der Waals surface area contributed by atoms with E-state index in [1.807, 2.05) is 0 Å². The summed E-state index contributed by atoms with van der Waals surface area (Å²) in [5, 5.41) is 0. The van der Waals surface area contributed by atoms with Gasteiger partial charge in [-0.05, 0) is 19.3 Å². The molecule has 1 heterocycles. The van der Waals surface area contributed by atoms with Gasteiger partial charge in [-0.1, -0.05) is 149 Å². The molecule has 0 aliphatic carbocycles. The van der Waals surface area contributed by atoms with E-state index in [9.17, 15) is 0 Å². The molecule has 0 saturated carbocycles. The van der Waals surface area contributed by atoms with Crippen molar-refractivity contribution in [2.75, 3.05) is 0 Å². The largest absolute Gasteiger partial charge is 0.256 e. The summed E-state index contributed by atoms with van der Waals surface area (Å²) in [4.78, 5) is 0. The van der Waals surface area contributed by atoms with Gasteiger partial charge in [0, 0.05) is 6.42 Å². The van der Waals surface area contributed by atoms with Crippen molar-refractivity contribution in [2.45, 2.75) is 181 Å². The maximum atomic E-state index is 2.53. The summed E-state index contributed by atoms with van der Waals surface area (Å²) in [5.41, 5.74) is 0. The number of nitrogens with zero attached hydrogens (tertiary/aromatic N) is 2. The topological polar surface area (TPSA) is 8.81 Å². The number of hydrogen-bond donors (Lipinski definition) is 0. The highest BCUT2D eigenvalue weighted by atomic mass is 15.1. The van der Waals surface area contributed by atoms with Gasteiger partial charge in [0.1, 0.15) is 12.4 Å². The molecule has 1 aromatic heterocycles. The second-order valence-corrected chi connectivity index (χ2v) is 11.0. The van der Waals surface area contributed by atoms with Crippen molar-refractivity contribution in [3.8, 4) is 0 Å². The summed E-state index contributed by atoms with van der Waals surface area (Å²) < 4.78 is 4.89. The molecule has 0 aliphatic heterocycles. The molecule has 0 amide bonds. The van der Waals surface area contributed by atoms with Gasteiger partial charge in [-0.25, -0.2) is 9.13 Å².